The maximum Gasteiger partial charge on any atom is 0.0922 e. The largest absolute Gasteiger partial charge is 0.396 e. The number of ether oxygens (including phenoxy) is 1. The monoisotopic (exact) mass is 318 g/mol. The van der Waals surface area contributed by atoms with E-state index in [2.05, 4.69) is 72.8 Å². The molecule has 1 heterocycles. The van der Waals surface area contributed by atoms with Gasteiger partial charge in [-0.3, -0.25) is 0 Å². The number of benzene rings is 2. The second kappa shape index (κ2) is 5.30. The number of hydrogen-bond acceptors (Lipinski definition) is 2. The fraction of sp³-hybridized carbons (Fsp3) is 0.364. The van der Waals surface area contributed by atoms with Gasteiger partial charge in [0.1, 0.15) is 0 Å². The summed E-state index contributed by atoms with van der Waals surface area (Å²) in [6.07, 6.45) is 4.66. The summed E-state index contributed by atoms with van der Waals surface area (Å²) < 4.78 is 6.56. The second-order valence-corrected chi connectivity index (χ2v) is 7.37. The van der Waals surface area contributed by atoms with Gasteiger partial charge in [0.2, 0.25) is 0 Å². The molecular formula is C22H22O2. The van der Waals surface area contributed by atoms with Gasteiger partial charge in [-0.15, -0.1) is 0 Å². The van der Waals surface area contributed by atoms with Crippen molar-refractivity contribution in [2.24, 2.45) is 23.7 Å². The Hall–Kier alpha value is -1.90. The summed E-state index contributed by atoms with van der Waals surface area (Å²) >= 11 is 0. The van der Waals surface area contributed by atoms with Crippen LogP contribution in [0.3, 0.4) is 0 Å². The lowest BCUT2D eigenvalue weighted by atomic mass is 9.70. The van der Waals surface area contributed by atoms with Crippen molar-refractivity contribution in [1.29, 1.82) is 0 Å². The van der Waals surface area contributed by atoms with Crippen LogP contribution in [-0.2, 0) is 4.74 Å². The number of aliphatic hydroxyl groups is 1. The Labute approximate surface area is 142 Å². The van der Waals surface area contributed by atoms with E-state index in [1.54, 1.807) is 0 Å². The van der Waals surface area contributed by atoms with Crippen LogP contribution in [0.4, 0.5) is 0 Å². The fourth-order valence-electron chi connectivity index (χ4n) is 5.63. The summed E-state index contributed by atoms with van der Waals surface area (Å²) in [6.45, 7) is 1.03. The van der Waals surface area contributed by atoms with E-state index >= 15 is 0 Å². The molecule has 1 saturated carbocycles. The standard InChI is InChI=1S/C22H22O2/c23-13-17-18-14-24-22(19(17)11-12-20(18)22)21(15-7-3-1-4-8-15)16-9-5-2-6-10-16/h1-12,17-21,23H,13-14H2. The molecule has 2 aromatic carbocycles. The first-order valence-corrected chi connectivity index (χ1v) is 8.89. The van der Waals surface area contributed by atoms with E-state index in [9.17, 15) is 5.11 Å². The van der Waals surface area contributed by atoms with E-state index < -0.39 is 0 Å². The van der Waals surface area contributed by atoms with Crippen molar-refractivity contribution in [3.8, 4) is 0 Å². The summed E-state index contributed by atoms with van der Waals surface area (Å²) in [5, 5.41) is 9.96. The molecule has 2 aromatic rings. The van der Waals surface area contributed by atoms with E-state index in [1.165, 1.54) is 11.1 Å². The van der Waals surface area contributed by atoms with Crippen LogP contribution in [0.25, 0.3) is 0 Å². The zero-order valence-electron chi connectivity index (χ0n) is 13.6. The Balaban J connectivity index is 1.69. The Bertz CT molecular complexity index is 715. The Morgan fingerprint density at radius 2 is 1.50 bits per heavy atom. The molecule has 0 spiro atoms. The van der Waals surface area contributed by atoms with Gasteiger partial charge in [0.05, 0.1) is 12.2 Å². The van der Waals surface area contributed by atoms with Crippen molar-refractivity contribution in [2.45, 2.75) is 11.5 Å². The van der Waals surface area contributed by atoms with E-state index in [1.807, 2.05) is 0 Å². The highest BCUT2D eigenvalue weighted by atomic mass is 16.5. The van der Waals surface area contributed by atoms with Crippen LogP contribution >= 0.6 is 0 Å². The third-order valence-corrected chi connectivity index (χ3v) is 6.49. The normalized spacial score (nSPS) is 35.9. The molecular weight excluding hydrogens is 296 g/mol. The van der Waals surface area contributed by atoms with Crippen molar-refractivity contribution in [3.05, 3.63) is 83.9 Å². The maximum atomic E-state index is 9.96. The molecule has 2 aliphatic carbocycles. The first-order chi connectivity index (χ1) is 11.9. The van der Waals surface area contributed by atoms with Gasteiger partial charge >= 0.3 is 0 Å². The summed E-state index contributed by atoms with van der Waals surface area (Å²) in [7, 11) is 0. The Kier molecular flexibility index (Phi) is 3.19. The number of hydrogen-bond donors (Lipinski definition) is 1. The molecule has 0 amide bonds. The lowest BCUT2D eigenvalue weighted by molar-refractivity contribution is -0.0831. The molecule has 5 rings (SSSR count). The van der Waals surface area contributed by atoms with Crippen LogP contribution in [0, 0.1) is 23.7 Å². The molecule has 0 aromatic heterocycles. The van der Waals surface area contributed by atoms with Crippen molar-refractivity contribution >= 4 is 0 Å². The van der Waals surface area contributed by atoms with E-state index in [4.69, 9.17) is 4.74 Å². The predicted molar refractivity (Wildman–Crippen MR) is 93.6 cm³/mol. The third-order valence-electron chi connectivity index (χ3n) is 6.49. The molecule has 3 aliphatic rings. The zero-order chi connectivity index (χ0) is 16.1. The molecule has 2 heteroatoms. The molecule has 4 bridgehead atoms. The van der Waals surface area contributed by atoms with Crippen LogP contribution in [-0.4, -0.2) is 23.9 Å². The molecule has 1 saturated heterocycles. The van der Waals surface area contributed by atoms with Crippen molar-refractivity contribution in [2.75, 3.05) is 13.2 Å². The summed E-state index contributed by atoms with van der Waals surface area (Å²) in [6, 6.07) is 21.5. The molecule has 2 nitrogen and oxygen atoms in total. The molecule has 2 fully saturated rings. The molecule has 1 N–H and O–H groups in total. The molecule has 5 unspecified atom stereocenters. The maximum absolute atomic E-state index is 9.96. The first kappa shape index (κ1) is 14.4. The predicted octanol–water partition coefficient (Wildman–Crippen LogP) is 3.63. The van der Waals surface area contributed by atoms with Gasteiger partial charge in [-0.2, -0.15) is 0 Å². The van der Waals surface area contributed by atoms with Crippen LogP contribution < -0.4 is 0 Å². The fourth-order valence-corrected chi connectivity index (χ4v) is 5.63. The summed E-state index contributed by atoms with van der Waals surface area (Å²) in [4.78, 5) is 0. The number of rotatable bonds is 4. The Morgan fingerprint density at radius 1 is 0.917 bits per heavy atom. The Morgan fingerprint density at radius 3 is 2.04 bits per heavy atom. The van der Waals surface area contributed by atoms with Gasteiger partial charge in [-0.1, -0.05) is 72.8 Å². The number of aliphatic hydroxyl groups excluding tert-OH is 1. The minimum atomic E-state index is -0.235. The molecule has 0 radical (unpaired) electrons. The van der Waals surface area contributed by atoms with Gasteiger partial charge in [0, 0.05) is 24.4 Å². The van der Waals surface area contributed by atoms with Crippen LogP contribution in [0.15, 0.2) is 72.8 Å². The topological polar surface area (TPSA) is 29.5 Å². The molecule has 122 valence electrons. The van der Waals surface area contributed by atoms with Gasteiger partial charge in [-0.05, 0) is 23.0 Å². The summed E-state index contributed by atoms with van der Waals surface area (Å²) in [5.41, 5.74) is 2.38. The minimum Gasteiger partial charge on any atom is -0.396 e. The van der Waals surface area contributed by atoms with Gasteiger partial charge in [0.15, 0.2) is 0 Å². The van der Waals surface area contributed by atoms with Gasteiger partial charge in [0.25, 0.3) is 0 Å². The van der Waals surface area contributed by atoms with Crippen molar-refractivity contribution in [1.82, 2.24) is 0 Å². The van der Waals surface area contributed by atoms with Crippen LogP contribution in [0.2, 0.25) is 0 Å². The van der Waals surface area contributed by atoms with Crippen LogP contribution in [0.1, 0.15) is 17.0 Å². The highest BCUT2D eigenvalue weighted by molar-refractivity contribution is 5.43. The average molecular weight is 318 g/mol. The second-order valence-electron chi connectivity index (χ2n) is 7.37. The van der Waals surface area contributed by atoms with Gasteiger partial charge < -0.3 is 9.84 Å². The van der Waals surface area contributed by atoms with Crippen molar-refractivity contribution in [3.63, 3.8) is 0 Å². The SMILES string of the molecule is OCC1C2COC3(C(c4ccccc4)c4ccccc4)C1C=CC23. The lowest BCUT2D eigenvalue weighted by Crippen LogP contribution is -2.45. The van der Waals surface area contributed by atoms with E-state index in [0.29, 0.717) is 23.7 Å². The van der Waals surface area contributed by atoms with E-state index in [-0.39, 0.29) is 18.1 Å². The van der Waals surface area contributed by atoms with E-state index in [0.717, 1.165) is 6.61 Å². The average Bonchev–Trinajstić information content (AvgIpc) is 3.27. The molecule has 24 heavy (non-hydrogen) atoms. The van der Waals surface area contributed by atoms with Gasteiger partial charge in [-0.25, -0.2) is 0 Å². The first-order valence-electron chi connectivity index (χ1n) is 8.89. The molecule has 1 aliphatic heterocycles. The minimum absolute atomic E-state index is 0.200. The highest BCUT2D eigenvalue weighted by Crippen LogP contribution is 2.66. The summed E-state index contributed by atoms with van der Waals surface area (Å²) in [5.74, 6) is 1.71. The zero-order valence-corrected chi connectivity index (χ0v) is 13.6. The lowest BCUT2D eigenvalue weighted by Gasteiger charge is -2.42. The third kappa shape index (κ3) is 1.73. The van der Waals surface area contributed by atoms with Crippen molar-refractivity contribution < 1.29 is 9.84 Å². The quantitative estimate of drug-likeness (QED) is 0.872. The smallest absolute Gasteiger partial charge is 0.0922 e. The van der Waals surface area contributed by atoms with Crippen LogP contribution in [0.5, 0.6) is 0 Å². The highest BCUT2D eigenvalue weighted by Gasteiger charge is 2.69. The molecule has 5 atom stereocenters.